The molecule has 0 radical (unpaired) electrons. The molecule has 4 aromatic rings. The highest BCUT2D eigenvalue weighted by Gasteiger charge is 2.13. The summed E-state index contributed by atoms with van der Waals surface area (Å²) in [7, 11) is 0. The molecule has 2 heterocycles. The molecule has 146 valence electrons. The van der Waals surface area contributed by atoms with E-state index in [9.17, 15) is 0 Å². The minimum absolute atomic E-state index is 0.175. The SMILES string of the molecule is CC(C)(C)c1ccc(CNc2ncc(Cc3ccncc3)c3ccccc23)cc1. The van der Waals surface area contributed by atoms with E-state index in [1.54, 1.807) is 0 Å². The second-order valence-electron chi connectivity index (χ2n) is 8.51. The smallest absolute Gasteiger partial charge is 0.134 e. The highest BCUT2D eigenvalue weighted by molar-refractivity contribution is 5.94. The maximum atomic E-state index is 4.75. The number of hydrogen-bond acceptors (Lipinski definition) is 3. The lowest BCUT2D eigenvalue weighted by Crippen LogP contribution is -2.11. The average molecular weight is 382 g/mol. The Hall–Kier alpha value is -3.20. The largest absolute Gasteiger partial charge is 0.365 e. The van der Waals surface area contributed by atoms with Crippen molar-refractivity contribution in [1.82, 2.24) is 9.97 Å². The van der Waals surface area contributed by atoms with E-state index in [0.29, 0.717) is 0 Å². The van der Waals surface area contributed by atoms with Gasteiger partial charge >= 0.3 is 0 Å². The number of hydrogen-bond donors (Lipinski definition) is 1. The van der Waals surface area contributed by atoms with Gasteiger partial charge in [0.05, 0.1) is 0 Å². The minimum atomic E-state index is 0.175. The van der Waals surface area contributed by atoms with Crippen LogP contribution in [0.3, 0.4) is 0 Å². The molecule has 1 N–H and O–H groups in total. The molecular weight excluding hydrogens is 354 g/mol. The Labute approximate surface area is 172 Å². The molecule has 0 aliphatic carbocycles. The number of rotatable bonds is 5. The number of nitrogens with one attached hydrogen (secondary N) is 1. The molecule has 0 unspecified atom stereocenters. The third-order valence-corrected chi connectivity index (χ3v) is 5.30. The molecule has 3 heteroatoms. The van der Waals surface area contributed by atoms with Gasteiger partial charge in [-0.25, -0.2) is 4.98 Å². The maximum Gasteiger partial charge on any atom is 0.134 e. The number of anilines is 1. The molecule has 0 saturated heterocycles. The summed E-state index contributed by atoms with van der Waals surface area (Å²) >= 11 is 0. The van der Waals surface area contributed by atoms with Crippen molar-refractivity contribution in [2.24, 2.45) is 0 Å². The summed E-state index contributed by atoms with van der Waals surface area (Å²) in [6.07, 6.45) is 6.52. The Morgan fingerprint density at radius 1 is 0.793 bits per heavy atom. The lowest BCUT2D eigenvalue weighted by molar-refractivity contribution is 0.590. The van der Waals surface area contributed by atoms with Crippen molar-refractivity contribution in [3.63, 3.8) is 0 Å². The van der Waals surface area contributed by atoms with Gasteiger partial charge in [-0.2, -0.15) is 0 Å². The van der Waals surface area contributed by atoms with Crippen molar-refractivity contribution < 1.29 is 0 Å². The van der Waals surface area contributed by atoms with Gasteiger partial charge in [-0.3, -0.25) is 4.98 Å². The van der Waals surface area contributed by atoms with Crippen LogP contribution in [0.15, 0.2) is 79.3 Å². The van der Waals surface area contributed by atoms with Crippen molar-refractivity contribution in [1.29, 1.82) is 0 Å². The van der Waals surface area contributed by atoms with E-state index >= 15 is 0 Å². The van der Waals surface area contributed by atoms with Gasteiger partial charge in [0.2, 0.25) is 0 Å². The van der Waals surface area contributed by atoms with Gasteiger partial charge in [0.1, 0.15) is 5.82 Å². The Morgan fingerprint density at radius 2 is 1.48 bits per heavy atom. The highest BCUT2D eigenvalue weighted by atomic mass is 15.0. The molecule has 0 saturated carbocycles. The summed E-state index contributed by atoms with van der Waals surface area (Å²) in [4.78, 5) is 8.86. The fourth-order valence-corrected chi connectivity index (χ4v) is 3.56. The maximum absolute atomic E-state index is 4.75. The number of fused-ring (bicyclic) bond motifs is 1. The molecular formula is C26H27N3. The fraction of sp³-hybridized carbons (Fsp3) is 0.231. The van der Waals surface area contributed by atoms with Crippen LogP contribution in [-0.2, 0) is 18.4 Å². The quantitative estimate of drug-likeness (QED) is 0.452. The van der Waals surface area contributed by atoms with Crippen molar-refractivity contribution in [3.05, 3.63) is 102 Å². The van der Waals surface area contributed by atoms with Gasteiger partial charge in [0.25, 0.3) is 0 Å². The molecule has 4 rings (SSSR count). The van der Waals surface area contributed by atoms with Gasteiger partial charge < -0.3 is 5.32 Å². The van der Waals surface area contributed by atoms with Crippen LogP contribution in [0.5, 0.6) is 0 Å². The van der Waals surface area contributed by atoms with Crippen LogP contribution in [-0.4, -0.2) is 9.97 Å². The molecule has 3 nitrogen and oxygen atoms in total. The first-order valence-electron chi connectivity index (χ1n) is 10.1. The Morgan fingerprint density at radius 3 is 2.17 bits per heavy atom. The van der Waals surface area contributed by atoms with E-state index in [2.05, 4.69) is 91.7 Å². The molecule has 0 spiro atoms. The van der Waals surface area contributed by atoms with Crippen LogP contribution in [0.25, 0.3) is 10.8 Å². The van der Waals surface area contributed by atoms with E-state index in [0.717, 1.165) is 24.2 Å². The lowest BCUT2D eigenvalue weighted by Gasteiger charge is -2.19. The van der Waals surface area contributed by atoms with E-state index in [-0.39, 0.29) is 5.41 Å². The predicted molar refractivity (Wildman–Crippen MR) is 121 cm³/mol. The van der Waals surface area contributed by atoms with E-state index < -0.39 is 0 Å². The zero-order valence-electron chi connectivity index (χ0n) is 17.3. The summed E-state index contributed by atoms with van der Waals surface area (Å²) in [5, 5.41) is 5.93. The third-order valence-electron chi connectivity index (χ3n) is 5.30. The minimum Gasteiger partial charge on any atom is -0.365 e. The van der Waals surface area contributed by atoms with Crippen LogP contribution >= 0.6 is 0 Å². The standard InChI is InChI=1S/C26H27N3/c1-26(2,3)22-10-8-20(9-11-22)17-28-25-24-7-5-4-6-23(24)21(18-29-25)16-19-12-14-27-15-13-19/h4-15,18H,16-17H2,1-3H3,(H,28,29). The zero-order valence-corrected chi connectivity index (χ0v) is 17.3. The molecule has 0 aliphatic rings. The topological polar surface area (TPSA) is 37.8 Å². The Bertz CT molecular complexity index is 1090. The van der Waals surface area contributed by atoms with E-state index in [4.69, 9.17) is 4.98 Å². The molecule has 2 aromatic carbocycles. The predicted octanol–water partition coefficient (Wildman–Crippen LogP) is 6.13. The molecule has 2 aromatic heterocycles. The zero-order chi connectivity index (χ0) is 20.3. The molecule has 0 fully saturated rings. The van der Waals surface area contributed by atoms with Crippen molar-refractivity contribution >= 4 is 16.6 Å². The molecule has 0 bridgehead atoms. The summed E-state index contributed by atoms with van der Waals surface area (Å²) in [6.45, 7) is 7.47. The van der Waals surface area contributed by atoms with Gasteiger partial charge in [-0.1, -0.05) is 69.3 Å². The average Bonchev–Trinajstić information content (AvgIpc) is 2.74. The van der Waals surface area contributed by atoms with E-state index in [1.165, 1.54) is 27.6 Å². The summed E-state index contributed by atoms with van der Waals surface area (Å²) < 4.78 is 0. The Kier molecular flexibility index (Phi) is 5.30. The van der Waals surface area contributed by atoms with Crippen molar-refractivity contribution in [2.45, 2.75) is 39.2 Å². The molecule has 0 atom stereocenters. The first-order valence-corrected chi connectivity index (χ1v) is 10.1. The third kappa shape index (κ3) is 4.45. The lowest BCUT2D eigenvalue weighted by atomic mass is 9.87. The number of nitrogens with zero attached hydrogens (tertiary/aromatic N) is 2. The summed E-state index contributed by atoms with van der Waals surface area (Å²) in [5.74, 6) is 0.930. The van der Waals surface area contributed by atoms with Crippen LogP contribution in [0.1, 0.15) is 43.0 Å². The van der Waals surface area contributed by atoms with Crippen molar-refractivity contribution in [2.75, 3.05) is 5.32 Å². The number of aromatic nitrogens is 2. The first kappa shape index (κ1) is 19.1. The van der Waals surface area contributed by atoms with Gasteiger partial charge in [-0.15, -0.1) is 0 Å². The van der Waals surface area contributed by atoms with Gasteiger partial charge in [0, 0.05) is 30.5 Å². The van der Waals surface area contributed by atoms with E-state index in [1.807, 2.05) is 18.6 Å². The van der Waals surface area contributed by atoms with Gasteiger partial charge in [-0.05, 0) is 51.6 Å². The van der Waals surface area contributed by atoms with Crippen LogP contribution in [0.2, 0.25) is 0 Å². The summed E-state index contributed by atoms with van der Waals surface area (Å²) in [6, 6.07) is 21.4. The van der Waals surface area contributed by atoms with Crippen LogP contribution in [0, 0.1) is 0 Å². The van der Waals surface area contributed by atoms with Crippen LogP contribution in [0.4, 0.5) is 5.82 Å². The number of pyridine rings is 2. The molecule has 29 heavy (non-hydrogen) atoms. The Balaban J connectivity index is 1.56. The van der Waals surface area contributed by atoms with Crippen molar-refractivity contribution in [3.8, 4) is 0 Å². The van der Waals surface area contributed by atoms with Crippen LogP contribution < -0.4 is 5.32 Å². The first-order chi connectivity index (χ1) is 14.0. The van der Waals surface area contributed by atoms with Gasteiger partial charge in [0.15, 0.2) is 0 Å². The monoisotopic (exact) mass is 381 g/mol. The molecule has 0 amide bonds. The second-order valence-corrected chi connectivity index (χ2v) is 8.51. The fourth-order valence-electron chi connectivity index (χ4n) is 3.56. The number of benzene rings is 2. The second kappa shape index (κ2) is 8.04. The molecule has 0 aliphatic heterocycles. The normalized spacial score (nSPS) is 11.6. The summed E-state index contributed by atoms with van der Waals surface area (Å²) in [5.41, 5.74) is 5.25. The highest BCUT2D eigenvalue weighted by Crippen LogP contribution is 2.27.